The standard InChI is InChI=1S/C17H18BrN5OS2/c18-10-7-25-8-13(10)22-16(24)9-6-26-17-15(9)23-14(5-20-17)21-12-4-2-1-3-11(12)19/h5-8,11-12H,1-4,19H2,(H,21,23)(H,22,24)/t11-,12+/m0/s1. The fourth-order valence-corrected chi connectivity index (χ4v) is 5.28. The molecule has 26 heavy (non-hydrogen) atoms. The summed E-state index contributed by atoms with van der Waals surface area (Å²) in [5.41, 5.74) is 8.12. The molecule has 0 radical (unpaired) electrons. The summed E-state index contributed by atoms with van der Waals surface area (Å²) in [7, 11) is 0. The number of hydrogen-bond acceptors (Lipinski definition) is 7. The van der Waals surface area contributed by atoms with Gasteiger partial charge in [0.05, 0.1) is 21.9 Å². The highest BCUT2D eigenvalue weighted by Crippen LogP contribution is 2.29. The fraction of sp³-hybridized carbons (Fsp3) is 0.353. The van der Waals surface area contributed by atoms with Gasteiger partial charge in [-0.2, -0.15) is 0 Å². The molecule has 1 amide bonds. The number of halogens is 1. The van der Waals surface area contributed by atoms with Crippen LogP contribution in [0.25, 0.3) is 10.3 Å². The zero-order chi connectivity index (χ0) is 18.1. The molecule has 0 spiro atoms. The molecule has 1 saturated carbocycles. The summed E-state index contributed by atoms with van der Waals surface area (Å²) < 4.78 is 0.870. The quantitative estimate of drug-likeness (QED) is 0.544. The molecule has 3 aromatic rings. The Bertz CT molecular complexity index is 940. The molecule has 3 heterocycles. The second-order valence-electron chi connectivity index (χ2n) is 6.35. The number of hydrogen-bond donors (Lipinski definition) is 3. The average molecular weight is 452 g/mol. The van der Waals surface area contributed by atoms with Crippen LogP contribution in [0.5, 0.6) is 0 Å². The molecule has 0 saturated heterocycles. The number of amides is 1. The van der Waals surface area contributed by atoms with Crippen molar-refractivity contribution in [2.24, 2.45) is 5.73 Å². The van der Waals surface area contributed by atoms with Crippen molar-refractivity contribution >= 4 is 66.4 Å². The fourth-order valence-electron chi connectivity index (χ4n) is 3.13. The number of carbonyl (C=O) groups excluding carboxylic acids is 1. The topological polar surface area (TPSA) is 92.9 Å². The lowest BCUT2D eigenvalue weighted by atomic mass is 9.91. The normalized spacial score (nSPS) is 20.2. The maximum atomic E-state index is 12.7. The highest BCUT2D eigenvalue weighted by Gasteiger charge is 2.23. The van der Waals surface area contributed by atoms with E-state index in [9.17, 15) is 4.79 Å². The van der Waals surface area contributed by atoms with Crippen molar-refractivity contribution in [1.29, 1.82) is 0 Å². The molecule has 6 nitrogen and oxygen atoms in total. The van der Waals surface area contributed by atoms with Crippen molar-refractivity contribution in [3.05, 3.63) is 32.4 Å². The van der Waals surface area contributed by atoms with Crippen LogP contribution in [-0.4, -0.2) is 28.0 Å². The molecule has 0 aromatic carbocycles. The van der Waals surface area contributed by atoms with E-state index in [4.69, 9.17) is 5.73 Å². The first-order valence-electron chi connectivity index (χ1n) is 8.41. The zero-order valence-corrected chi connectivity index (χ0v) is 17.1. The van der Waals surface area contributed by atoms with Crippen molar-refractivity contribution in [1.82, 2.24) is 9.97 Å². The van der Waals surface area contributed by atoms with E-state index >= 15 is 0 Å². The minimum atomic E-state index is -0.184. The van der Waals surface area contributed by atoms with Gasteiger partial charge < -0.3 is 16.4 Å². The van der Waals surface area contributed by atoms with Gasteiger partial charge >= 0.3 is 0 Å². The van der Waals surface area contributed by atoms with Crippen LogP contribution in [0, 0.1) is 0 Å². The van der Waals surface area contributed by atoms with Gasteiger partial charge in [0.1, 0.15) is 16.2 Å². The van der Waals surface area contributed by atoms with Crippen LogP contribution in [-0.2, 0) is 0 Å². The van der Waals surface area contributed by atoms with Gasteiger partial charge in [-0.3, -0.25) is 4.79 Å². The Morgan fingerprint density at radius 3 is 2.88 bits per heavy atom. The number of nitrogens with two attached hydrogens (primary N) is 1. The van der Waals surface area contributed by atoms with Crippen LogP contribution in [0.3, 0.4) is 0 Å². The number of aromatic nitrogens is 2. The smallest absolute Gasteiger partial charge is 0.258 e. The summed E-state index contributed by atoms with van der Waals surface area (Å²) in [4.78, 5) is 22.5. The van der Waals surface area contributed by atoms with Crippen molar-refractivity contribution in [3.8, 4) is 0 Å². The van der Waals surface area contributed by atoms with Gasteiger partial charge in [0.25, 0.3) is 5.91 Å². The summed E-state index contributed by atoms with van der Waals surface area (Å²) in [6, 6.07) is 0.329. The minimum absolute atomic E-state index is 0.127. The van der Waals surface area contributed by atoms with Gasteiger partial charge in [-0.05, 0) is 28.8 Å². The molecular weight excluding hydrogens is 434 g/mol. The van der Waals surface area contributed by atoms with E-state index in [-0.39, 0.29) is 18.0 Å². The van der Waals surface area contributed by atoms with Crippen LogP contribution in [0.2, 0.25) is 0 Å². The van der Waals surface area contributed by atoms with Gasteiger partial charge in [0.2, 0.25) is 0 Å². The molecule has 0 bridgehead atoms. The molecule has 2 atom stereocenters. The van der Waals surface area contributed by atoms with E-state index < -0.39 is 0 Å². The highest BCUT2D eigenvalue weighted by atomic mass is 79.9. The van der Waals surface area contributed by atoms with Crippen molar-refractivity contribution in [2.75, 3.05) is 10.6 Å². The van der Waals surface area contributed by atoms with E-state index in [0.717, 1.165) is 27.8 Å². The van der Waals surface area contributed by atoms with Crippen molar-refractivity contribution in [2.45, 2.75) is 37.8 Å². The van der Waals surface area contributed by atoms with Gasteiger partial charge in [-0.1, -0.05) is 12.8 Å². The Morgan fingerprint density at radius 2 is 2.12 bits per heavy atom. The van der Waals surface area contributed by atoms with Crippen LogP contribution >= 0.6 is 38.6 Å². The molecule has 1 aliphatic rings. The summed E-state index contributed by atoms with van der Waals surface area (Å²) in [6.07, 6.45) is 6.12. The summed E-state index contributed by atoms with van der Waals surface area (Å²) in [6.45, 7) is 0. The molecule has 3 aromatic heterocycles. The van der Waals surface area contributed by atoms with Crippen LogP contribution in [0.1, 0.15) is 36.0 Å². The molecule has 1 fully saturated rings. The largest absolute Gasteiger partial charge is 0.364 e. The molecule has 0 unspecified atom stereocenters. The van der Waals surface area contributed by atoms with E-state index in [2.05, 4.69) is 36.5 Å². The molecule has 4 rings (SSSR count). The Hall–Kier alpha value is -1.55. The third-order valence-corrected chi connectivity index (χ3v) is 7.12. The number of anilines is 2. The molecule has 136 valence electrons. The van der Waals surface area contributed by atoms with Gasteiger partial charge in [-0.15, -0.1) is 22.7 Å². The summed E-state index contributed by atoms with van der Waals surface area (Å²) in [5, 5.41) is 11.9. The lowest BCUT2D eigenvalue weighted by Gasteiger charge is -2.29. The van der Waals surface area contributed by atoms with Gasteiger partial charge in [0.15, 0.2) is 0 Å². The van der Waals surface area contributed by atoms with Crippen molar-refractivity contribution < 1.29 is 4.79 Å². The summed E-state index contributed by atoms with van der Waals surface area (Å²) >= 11 is 6.37. The third-order valence-electron chi connectivity index (χ3n) is 4.54. The highest BCUT2D eigenvalue weighted by molar-refractivity contribution is 9.10. The SMILES string of the molecule is N[C@H]1CCCC[C@H]1Nc1cnc2scc(C(=O)Nc3cscc3Br)c2n1. The molecule has 9 heteroatoms. The van der Waals surface area contributed by atoms with Crippen LogP contribution < -0.4 is 16.4 Å². The first-order valence-corrected chi connectivity index (χ1v) is 11.0. The van der Waals surface area contributed by atoms with E-state index in [1.54, 1.807) is 11.6 Å². The molecule has 0 aliphatic heterocycles. The number of nitrogens with zero attached hydrogens (tertiary/aromatic N) is 2. The first-order chi connectivity index (χ1) is 12.6. The molecule has 4 N–H and O–H groups in total. The Balaban J connectivity index is 1.58. The number of fused-ring (bicyclic) bond motifs is 1. The predicted octanol–water partition coefficient (Wildman–Crippen LogP) is 4.45. The van der Waals surface area contributed by atoms with E-state index in [0.29, 0.717) is 16.9 Å². The van der Waals surface area contributed by atoms with Crippen LogP contribution in [0.4, 0.5) is 11.5 Å². The van der Waals surface area contributed by atoms with E-state index in [1.807, 2.05) is 10.8 Å². The second-order valence-corrected chi connectivity index (χ2v) is 8.80. The Kier molecular flexibility index (Phi) is 5.21. The molecule has 1 aliphatic carbocycles. The Morgan fingerprint density at radius 1 is 1.27 bits per heavy atom. The van der Waals surface area contributed by atoms with Gasteiger partial charge in [-0.25, -0.2) is 9.97 Å². The Labute approximate surface area is 167 Å². The van der Waals surface area contributed by atoms with Gasteiger partial charge in [0, 0.05) is 28.2 Å². The number of rotatable bonds is 4. The lowest BCUT2D eigenvalue weighted by Crippen LogP contribution is -2.42. The number of nitrogens with one attached hydrogen (secondary N) is 2. The van der Waals surface area contributed by atoms with Crippen LogP contribution in [0.15, 0.2) is 26.8 Å². The average Bonchev–Trinajstić information content (AvgIpc) is 3.23. The maximum Gasteiger partial charge on any atom is 0.258 e. The lowest BCUT2D eigenvalue weighted by molar-refractivity contribution is 0.102. The molecular formula is C17H18BrN5OS2. The second kappa shape index (κ2) is 7.59. The first kappa shape index (κ1) is 17.8. The third kappa shape index (κ3) is 3.62. The monoisotopic (exact) mass is 451 g/mol. The number of thiophene rings is 2. The minimum Gasteiger partial charge on any atom is -0.364 e. The zero-order valence-electron chi connectivity index (χ0n) is 13.9. The van der Waals surface area contributed by atoms with E-state index in [1.165, 1.54) is 35.5 Å². The number of carbonyl (C=O) groups is 1. The maximum absolute atomic E-state index is 12.7. The summed E-state index contributed by atoms with van der Waals surface area (Å²) in [5.74, 6) is 0.486. The van der Waals surface area contributed by atoms with Crippen molar-refractivity contribution in [3.63, 3.8) is 0 Å². The predicted molar refractivity (Wildman–Crippen MR) is 111 cm³/mol.